The molecule has 8 nitrogen and oxygen atoms in total. The molecule has 0 spiro atoms. The molecule has 4 amide bonds. The molecule has 158 valence electrons. The molecule has 1 saturated heterocycles. The van der Waals surface area contributed by atoms with E-state index in [-0.39, 0.29) is 19.6 Å². The highest BCUT2D eigenvalue weighted by Gasteiger charge is 2.39. The number of carbonyl (C=O) groups is 3. The van der Waals surface area contributed by atoms with Gasteiger partial charge in [-0.1, -0.05) is 42.5 Å². The molecule has 1 aliphatic rings. The maximum Gasteiger partial charge on any atom is 0.325 e. The van der Waals surface area contributed by atoms with Crippen LogP contribution in [0.5, 0.6) is 5.75 Å². The Labute approximate surface area is 174 Å². The van der Waals surface area contributed by atoms with Crippen molar-refractivity contribution in [1.29, 1.82) is 0 Å². The molecule has 30 heavy (non-hydrogen) atoms. The Morgan fingerprint density at radius 2 is 1.83 bits per heavy atom. The van der Waals surface area contributed by atoms with Crippen LogP contribution in [0, 0.1) is 0 Å². The monoisotopic (exact) mass is 411 g/mol. The Hall–Kier alpha value is -3.39. The second-order valence-electron chi connectivity index (χ2n) is 7.12. The normalized spacial score (nSPS) is 16.9. The summed E-state index contributed by atoms with van der Waals surface area (Å²) in [6.07, 6.45) is 0.284. The summed E-state index contributed by atoms with van der Waals surface area (Å²) in [5, 5.41) is 14.9. The SMILES string of the molecule is COc1ccc(CN2C(=O)N[C@@H](CC(=O)N[C@H](CO)Cc3ccccc3)C2=O)cc1. The maximum absolute atomic E-state index is 12.6. The summed E-state index contributed by atoms with van der Waals surface area (Å²) < 4.78 is 5.10. The fraction of sp³-hybridized carbons (Fsp3) is 0.318. The van der Waals surface area contributed by atoms with E-state index >= 15 is 0 Å². The van der Waals surface area contributed by atoms with E-state index in [4.69, 9.17) is 4.74 Å². The summed E-state index contributed by atoms with van der Waals surface area (Å²) >= 11 is 0. The van der Waals surface area contributed by atoms with Crippen LogP contribution in [0.25, 0.3) is 0 Å². The van der Waals surface area contributed by atoms with E-state index in [1.807, 2.05) is 30.3 Å². The quantitative estimate of drug-likeness (QED) is 0.538. The summed E-state index contributed by atoms with van der Waals surface area (Å²) in [7, 11) is 1.56. The Morgan fingerprint density at radius 3 is 2.47 bits per heavy atom. The number of hydrogen-bond donors (Lipinski definition) is 3. The Kier molecular flexibility index (Phi) is 7.03. The van der Waals surface area contributed by atoms with Gasteiger partial charge in [0.15, 0.2) is 0 Å². The van der Waals surface area contributed by atoms with Gasteiger partial charge in [-0.3, -0.25) is 14.5 Å². The third-order valence-corrected chi connectivity index (χ3v) is 4.91. The first-order chi connectivity index (χ1) is 14.5. The van der Waals surface area contributed by atoms with Crippen molar-refractivity contribution in [2.75, 3.05) is 13.7 Å². The zero-order valence-electron chi connectivity index (χ0n) is 16.7. The molecule has 0 aromatic heterocycles. The topological polar surface area (TPSA) is 108 Å². The molecular formula is C22H25N3O5. The van der Waals surface area contributed by atoms with E-state index in [2.05, 4.69) is 10.6 Å². The first-order valence-electron chi connectivity index (χ1n) is 9.69. The number of ether oxygens (including phenoxy) is 1. The third kappa shape index (κ3) is 5.36. The van der Waals surface area contributed by atoms with Gasteiger partial charge in [0.2, 0.25) is 5.91 Å². The van der Waals surface area contributed by atoms with Crippen molar-refractivity contribution in [2.24, 2.45) is 0 Å². The lowest BCUT2D eigenvalue weighted by atomic mass is 10.1. The number of carbonyl (C=O) groups excluding carboxylic acids is 3. The highest BCUT2D eigenvalue weighted by atomic mass is 16.5. The standard InChI is InChI=1S/C22H25N3O5/c1-30-18-9-7-16(8-10-18)13-25-21(28)19(24-22(25)29)12-20(27)23-17(14-26)11-15-5-3-2-4-6-15/h2-10,17,19,26H,11-14H2,1H3,(H,23,27)(H,24,29)/t17-,19-/m0/s1. The van der Waals surface area contributed by atoms with Gasteiger partial charge < -0.3 is 20.5 Å². The van der Waals surface area contributed by atoms with Crippen LogP contribution in [0.1, 0.15) is 17.5 Å². The van der Waals surface area contributed by atoms with Crippen LogP contribution in [0.4, 0.5) is 4.79 Å². The number of aliphatic hydroxyl groups excluding tert-OH is 1. The number of rotatable bonds is 9. The summed E-state index contributed by atoms with van der Waals surface area (Å²) in [5.41, 5.74) is 1.75. The smallest absolute Gasteiger partial charge is 0.325 e. The molecule has 0 unspecified atom stereocenters. The molecule has 1 heterocycles. The van der Waals surface area contributed by atoms with E-state index in [1.54, 1.807) is 31.4 Å². The Balaban J connectivity index is 1.55. The molecule has 0 aliphatic carbocycles. The fourth-order valence-corrected chi connectivity index (χ4v) is 3.31. The molecule has 2 atom stereocenters. The molecule has 3 N–H and O–H groups in total. The average Bonchev–Trinajstić information content (AvgIpc) is 3.01. The van der Waals surface area contributed by atoms with Gasteiger partial charge in [-0.25, -0.2) is 4.79 Å². The fourth-order valence-electron chi connectivity index (χ4n) is 3.31. The van der Waals surface area contributed by atoms with Crippen LogP contribution in [0.2, 0.25) is 0 Å². The number of imide groups is 1. The first kappa shape index (κ1) is 21.3. The number of aliphatic hydroxyl groups is 1. The largest absolute Gasteiger partial charge is 0.497 e. The van der Waals surface area contributed by atoms with E-state index < -0.39 is 29.9 Å². The summed E-state index contributed by atoms with van der Waals surface area (Å²) in [6, 6.07) is 14.6. The lowest BCUT2D eigenvalue weighted by Gasteiger charge is -2.17. The van der Waals surface area contributed by atoms with Gasteiger partial charge in [0.1, 0.15) is 11.8 Å². The van der Waals surface area contributed by atoms with Crippen molar-refractivity contribution in [3.05, 3.63) is 65.7 Å². The van der Waals surface area contributed by atoms with Crippen molar-refractivity contribution in [3.8, 4) is 5.75 Å². The van der Waals surface area contributed by atoms with Crippen LogP contribution >= 0.6 is 0 Å². The highest BCUT2D eigenvalue weighted by molar-refractivity contribution is 6.05. The zero-order chi connectivity index (χ0) is 21.5. The molecule has 2 aromatic rings. The van der Waals surface area contributed by atoms with Gasteiger partial charge >= 0.3 is 6.03 Å². The van der Waals surface area contributed by atoms with Crippen molar-refractivity contribution in [2.45, 2.75) is 31.5 Å². The van der Waals surface area contributed by atoms with E-state index in [0.29, 0.717) is 12.2 Å². The molecule has 3 rings (SSSR count). The number of urea groups is 1. The van der Waals surface area contributed by atoms with Crippen molar-refractivity contribution in [3.63, 3.8) is 0 Å². The van der Waals surface area contributed by atoms with Gasteiger partial charge in [0.05, 0.1) is 32.7 Å². The predicted octanol–water partition coefficient (Wildman–Crippen LogP) is 1.23. The minimum absolute atomic E-state index is 0.111. The molecule has 0 bridgehead atoms. The van der Waals surface area contributed by atoms with Crippen molar-refractivity contribution < 1.29 is 24.2 Å². The number of nitrogens with one attached hydrogen (secondary N) is 2. The van der Waals surface area contributed by atoms with Gasteiger partial charge in [0.25, 0.3) is 5.91 Å². The minimum Gasteiger partial charge on any atom is -0.497 e. The maximum atomic E-state index is 12.6. The highest BCUT2D eigenvalue weighted by Crippen LogP contribution is 2.17. The average molecular weight is 411 g/mol. The summed E-state index contributed by atoms with van der Waals surface area (Å²) in [4.78, 5) is 38.3. The Bertz CT molecular complexity index is 885. The molecule has 0 saturated carbocycles. The molecule has 8 heteroatoms. The second-order valence-corrected chi connectivity index (χ2v) is 7.12. The third-order valence-electron chi connectivity index (χ3n) is 4.91. The Morgan fingerprint density at radius 1 is 1.13 bits per heavy atom. The summed E-state index contributed by atoms with van der Waals surface area (Å²) in [6.45, 7) is -0.116. The van der Waals surface area contributed by atoms with Crippen LogP contribution in [0.3, 0.4) is 0 Å². The van der Waals surface area contributed by atoms with Crippen LogP contribution in [0.15, 0.2) is 54.6 Å². The van der Waals surface area contributed by atoms with Crippen molar-refractivity contribution in [1.82, 2.24) is 15.5 Å². The number of benzene rings is 2. The van der Waals surface area contributed by atoms with E-state index in [1.165, 1.54) is 0 Å². The molecule has 1 fully saturated rings. The van der Waals surface area contributed by atoms with Gasteiger partial charge in [-0.2, -0.15) is 0 Å². The van der Waals surface area contributed by atoms with E-state index in [0.717, 1.165) is 16.0 Å². The van der Waals surface area contributed by atoms with Crippen molar-refractivity contribution >= 4 is 17.8 Å². The molecule has 0 radical (unpaired) electrons. The number of methoxy groups -OCH3 is 1. The number of hydrogen-bond acceptors (Lipinski definition) is 5. The van der Waals surface area contributed by atoms with E-state index in [9.17, 15) is 19.5 Å². The first-order valence-corrected chi connectivity index (χ1v) is 9.69. The van der Waals surface area contributed by atoms with Gasteiger partial charge in [-0.05, 0) is 29.7 Å². The summed E-state index contributed by atoms with van der Waals surface area (Å²) in [5.74, 6) is -0.177. The molecule has 2 aromatic carbocycles. The number of nitrogens with zero attached hydrogens (tertiary/aromatic N) is 1. The zero-order valence-corrected chi connectivity index (χ0v) is 16.7. The predicted molar refractivity (Wildman–Crippen MR) is 110 cm³/mol. The van der Waals surface area contributed by atoms with Gasteiger partial charge in [0, 0.05) is 0 Å². The van der Waals surface area contributed by atoms with Crippen LogP contribution in [-0.2, 0) is 22.6 Å². The lowest BCUT2D eigenvalue weighted by molar-refractivity contribution is -0.131. The second kappa shape index (κ2) is 9.89. The molecule has 1 aliphatic heterocycles. The minimum atomic E-state index is -0.924. The molecular weight excluding hydrogens is 386 g/mol. The number of amides is 4. The van der Waals surface area contributed by atoms with Gasteiger partial charge in [-0.15, -0.1) is 0 Å². The lowest BCUT2D eigenvalue weighted by Crippen LogP contribution is -2.43. The van der Waals surface area contributed by atoms with Crippen LogP contribution < -0.4 is 15.4 Å². The van der Waals surface area contributed by atoms with Crippen LogP contribution in [-0.4, -0.2) is 53.7 Å².